The van der Waals surface area contributed by atoms with E-state index in [0.717, 1.165) is 5.56 Å². The van der Waals surface area contributed by atoms with Crippen molar-refractivity contribution in [2.75, 3.05) is 19.5 Å². The second kappa shape index (κ2) is 9.06. The number of nitrogens with one attached hydrogen (secondary N) is 2. The molecule has 0 radical (unpaired) electrons. The maximum absolute atomic E-state index is 12.9. The Bertz CT molecular complexity index is 1020. The summed E-state index contributed by atoms with van der Waals surface area (Å²) in [5, 5.41) is 2.83. The van der Waals surface area contributed by atoms with Crippen molar-refractivity contribution in [1.29, 1.82) is 0 Å². The number of benzene rings is 2. The largest absolute Gasteiger partial charge is 0.495 e. The molecule has 0 heterocycles. The molecule has 0 spiro atoms. The molecule has 0 unspecified atom stereocenters. The van der Waals surface area contributed by atoms with E-state index in [9.17, 15) is 13.2 Å². The zero-order chi connectivity index (χ0) is 22.7. The molecule has 0 saturated heterocycles. The summed E-state index contributed by atoms with van der Waals surface area (Å²) in [5.74, 6) is 0.217. The monoisotopic (exact) mass is 434 g/mol. The molecule has 1 amide bonds. The van der Waals surface area contributed by atoms with Gasteiger partial charge >= 0.3 is 0 Å². The van der Waals surface area contributed by atoms with E-state index in [2.05, 4.69) is 30.8 Å². The zero-order valence-corrected chi connectivity index (χ0v) is 19.3. The van der Waals surface area contributed by atoms with Gasteiger partial charge in [-0.15, -0.1) is 0 Å². The van der Waals surface area contributed by atoms with Crippen LogP contribution < -0.4 is 19.5 Å². The standard InChI is InChI=1S/C22H30N2O5S/c1-14(2)24-30(26,27)20-12-15(8-10-19(20)29-7)21(25)23-17-13-16(22(3,4)5)9-11-18(17)28-6/h8-14,24H,1-7H3,(H,23,25). The van der Waals surface area contributed by atoms with E-state index in [4.69, 9.17) is 9.47 Å². The summed E-state index contributed by atoms with van der Waals surface area (Å²) < 4.78 is 38.4. The summed E-state index contributed by atoms with van der Waals surface area (Å²) in [6.07, 6.45) is 0. The first-order valence-corrected chi connectivity index (χ1v) is 11.1. The Kier molecular flexibility index (Phi) is 7.15. The molecule has 0 fully saturated rings. The smallest absolute Gasteiger partial charge is 0.255 e. The Morgan fingerprint density at radius 1 is 0.967 bits per heavy atom. The molecule has 0 bridgehead atoms. The van der Waals surface area contributed by atoms with Gasteiger partial charge in [-0.25, -0.2) is 13.1 Å². The maximum atomic E-state index is 12.9. The predicted octanol–water partition coefficient (Wildman–Crippen LogP) is 3.94. The van der Waals surface area contributed by atoms with Gasteiger partial charge in [-0.1, -0.05) is 26.8 Å². The highest BCUT2D eigenvalue weighted by Gasteiger charge is 2.23. The fourth-order valence-electron chi connectivity index (χ4n) is 2.87. The summed E-state index contributed by atoms with van der Waals surface area (Å²) in [6.45, 7) is 9.65. The summed E-state index contributed by atoms with van der Waals surface area (Å²) in [5.41, 5.74) is 1.60. The highest BCUT2D eigenvalue weighted by Crippen LogP contribution is 2.32. The van der Waals surface area contributed by atoms with Crippen molar-refractivity contribution >= 4 is 21.6 Å². The third-order valence-corrected chi connectivity index (χ3v) is 6.10. The quantitative estimate of drug-likeness (QED) is 0.688. The fourth-order valence-corrected chi connectivity index (χ4v) is 4.31. The number of amides is 1. The van der Waals surface area contributed by atoms with Crippen molar-refractivity contribution in [3.8, 4) is 11.5 Å². The summed E-state index contributed by atoms with van der Waals surface area (Å²) >= 11 is 0. The Balaban J connectivity index is 2.44. The molecule has 0 aliphatic rings. The van der Waals surface area contributed by atoms with Crippen molar-refractivity contribution < 1.29 is 22.7 Å². The van der Waals surface area contributed by atoms with Crippen LogP contribution in [0.1, 0.15) is 50.5 Å². The Morgan fingerprint density at radius 3 is 2.10 bits per heavy atom. The van der Waals surface area contributed by atoms with Gasteiger partial charge in [0.05, 0.1) is 19.9 Å². The molecule has 8 heteroatoms. The molecule has 164 valence electrons. The van der Waals surface area contributed by atoms with Crippen molar-refractivity contribution in [3.63, 3.8) is 0 Å². The molecule has 7 nitrogen and oxygen atoms in total. The molecule has 0 saturated carbocycles. The van der Waals surface area contributed by atoms with Gasteiger partial charge in [0.1, 0.15) is 16.4 Å². The molecular weight excluding hydrogens is 404 g/mol. The summed E-state index contributed by atoms with van der Waals surface area (Å²) in [4.78, 5) is 12.8. The Morgan fingerprint density at radius 2 is 1.57 bits per heavy atom. The van der Waals surface area contributed by atoms with Crippen molar-refractivity contribution in [2.24, 2.45) is 0 Å². The van der Waals surface area contributed by atoms with E-state index in [1.165, 1.54) is 32.4 Å². The molecule has 0 aliphatic heterocycles. The van der Waals surface area contributed by atoms with Gasteiger partial charge in [0.15, 0.2) is 0 Å². The maximum Gasteiger partial charge on any atom is 0.255 e. The molecule has 2 rings (SSSR count). The van der Waals surface area contributed by atoms with E-state index < -0.39 is 15.9 Å². The molecule has 0 aromatic heterocycles. The van der Waals surface area contributed by atoms with Crippen LogP contribution in [0.2, 0.25) is 0 Å². The zero-order valence-electron chi connectivity index (χ0n) is 18.5. The van der Waals surface area contributed by atoms with Crippen LogP contribution in [0.3, 0.4) is 0 Å². The van der Waals surface area contributed by atoms with Gasteiger partial charge in [-0.05, 0) is 55.2 Å². The van der Waals surface area contributed by atoms with Crippen LogP contribution in [0.5, 0.6) is 11.5 Å². The average Bonchev–Trinajstić information content (AvgIpc) is 2.65. The first kappa shape index (κ1) is 23.7. The normalized spacial score (nSPS) is 12.0. The van der Waals surface area contributed by atoms with E-state index in [1.54, 1.807) is 19.9 Å². The molecule has 2 aromatic carbocycles. The molecule has 2 aromatic rings. The van der Waals surface area contributed by atoms with E-state index in [-0.39, 0.29) is 27.7 Å². The minimum Gasteiger partial charge on any atom is -0.495 e. The van der Waals surface area contributed by atoms with Gasteiger partial charge in [-0.2, -0.15) is 0 Å². The molecule has 0 atom stereocenters. The van der Waals surface area contributed by atoms with Crippen LogP contribution in [-0.4, -0.2) is 34.6 Å². The van der Waals surface area contributed by atoms with Crippen LogP contribution >= 0.6 is 0 Å². The SMILES string of the molecule is COc1ccc(C(C)(C)C)cc1NC(=O)c1ccc(OC)c(S(=O)(=O)NC(C)C)c1. The van der Waals surface area contributed by atoms with Crippen molar-refractivity contribution in [1.82, 2.24) is 4.72 Å². The predicted molar refractivity (Wildman–Crippen MR) is 118 cm³/mol. The Hall–Kier alpha value is -2.58. The topological polar surface area (TPSA) is 93.7 Å². The number of anilines is 1. The van der Waals surface area contributed by atoms with Crippen LogP contribution in [0.4, 0.5) is 5.69 Å². The van der Waals surface area contributed by atoms with Gasteiger partial charge in [-0.3, -0.25) is 4.79 Å². The number of ether oxygens (including phenoxy) is 2. The lowest BCUT2D eigenvalue weighted by atomic mass is 9.87. The van der Waals surface area contributed by atoms with Crippen LogP contribution in [0.15, 0.2) is 41.3 Å². The molecule has 2 N–H and O–H groups in total. The lowest BCUT2D eigenvalue weighted by Gasteiger charge is -2.21. The highest BCUT2D eigenvalue weighted by molar-refractivity contribution is 7.89. The summed E-state index contributed by atoms with van der Waals surface area (Å²) in [6, 6.07) is 9.59. The number of carbonyl (C=O) groups excluding carboxylic acids is 1. The lowest BCUT2D eigenvalue weighted by molar-refractivity contribution is 0.102. The number of hydrogen-bond donors (Lipinski definition) is 2. The third kappa shape index (κ3) is 5.52. The first-order valence-electron chi connectivity index (χ1n) is 9.59. The third-order valence-electron chi connectivity index (χ3n) is 4.42. The van der Waals surface area contributed by atoms with Gasteiger partial charge < -0.3 is 14.8 Å². The van der Waals surface area contributed by atoms with Crippen molar-refractivity contribution in [2.45, 2.75) is 51.0 Å². The van der Waals surface area contributed by atoms with Crippen LogP contribution in [0, 0.1) is 0 Å². The van der Waals surface area contributed by atoms with E-state index >= 15 is 0 Å². The minimum atomic E-state index is -3.85. The molecular formula is C22H30N2O5S. The van der Waals surface area contributed by atoms with Crippen LogP contribution in [-0.2, 0) is 15.4 Å². The number of sulfonamides is 1. The second-order valence-electron chi connectivity index (χ2n) is 8.26. The lowest BCUT2D eigenvalue weighted by Crippen LogP contribution is -2.30. The summed E-state index contributed by atoms with van der Waals surface area (Å²) in [7, 11) is -0.943. The molecule has 30 heavy (non-hydrogen) atoms. The van der Waals surface area contributed by atoms with Crippen LogP contribution in [0.25, 0.3) is 0 Å². The fraction of sp³-hybridized carbons (Fsp3) is 0.409. The first-order chi connectivity index (χ1) is 13.9. The number of hydrogen-bond acceptors (Lipinski definition) is 5. The second-order valence-corrected chi connectivity index (χ2v) is 9.94. The van der Waals surface area contributed by atoms with Gasteiger partial charge in [0, 0.05) is 11.6 Å². The highest BCUT2D eigenvalue weighted by atomic mass is 32.2. The number of carbonyl (C=O) groups is 1. The number of rotatable bonds is 7. The minimum absolute atomic E-state index is 0.0956. The Labute approximate surface area is 178 Å². The van der Waals surface area contributed by atoms with Gasteiger partial charge in [0.25, 0.3) is 5.91 Å². The molecule has 0 aliphatic carbocycles. The number of methoxy groups -OCH3 is 2. The average molecular weight is 435 g/mol. The van der Waals surface area contributed by atoms with E-state index in [0.29, 0.717) is 11.4 Å². The van der Waals surface area contributed by atoms with Gasteiger partial charge in [0.2, 0.25) is 10.0 Å². The van der Waals surface area contributed by atoms with E-state index in [1.807, 2.05) is 12.1 Å². The van der Waals surface area contributed by atoms with Crippen molar-refractivity contribution in [3.05, 3.63) is 47.5 Å².